The van der Waals surface area contributed by atoms with Gasteiger partial charge in [0.05, 0.1) is 5.69 Å². The van der Waals surface area contributed by atoms with Crippen LogP contribution < -0.4 is 10.5 Å². The molecular formula is C12H8F2N2OS. The number of nitrogens with zero attached hydrogens (tertiary/aromatic N) is 1. The lowest BCUT2D eigenvalue weighted by Crippen LogP contribution is -2.01. The average molecular weight is 266 g/mol. The van der Waals surface area contributed by atoms with E-state index in [2.05, 4.69) is 4.74 Å². The number of ether oxygens (including phenoxy) is 1. The van der Waals surface area contributed by atoms with Crippen LogP contribution in [0.5, 0.6) is 5.75 Å². The summed E-state index contributed by atoms with van der Waals surface area (Å²) in [6.45, 7) is -2.83. The minimum atomic E-state index is -2.83. The fourth-order valence-corrected chi connectivity index (χ4v) is 2.32. The summed E-state index contributed by atoms with van der Waals surface area (Å²) >= 11 is 1.26. The van der Waals surface area contributed by atoms with Crippen molar-refractivity contribution in [1.82, 2.24) is 0 Å². The Labute approximate surface area is 106 Å². The first-order chi connectivity index (χ1) is 8.60. The second-order valence-corrected chi connectivity index (χ2v) is 4.46. The third-order valence-corrected chi connectivity index (χ3v) is 3.33. The first kappa shape index (κ1) is 12.3. The Morgan fingerprint density at radius 2 is 1.94 bits per heavy atom. The number of rotatable bonds is 3. The number of nitrogen functional groups attached to an aromatic ring is 1. The third-order valence-electron chi connectivity index (χ3n) is 2.23. The molecule has 0 aliphatic rings. The fourth-order valence-electron chi connectivity index (χ4n) is 1.44. The molecule has 0 spiro atoms. The van der Waals surface area contributed by atoms with Crippen molar-refractivity contribution in [2.45, 2.75) is 6.61 Å². The molecule has 0 amide bonds. The molecule has 6 heteroatoms. The van der Waals surface area contributed by atoms with Crippen molar-refractivity contribution in [2.75, 3.05) is 5.73 Å². The van der Waals surface area contributed by atoms with Crippen LogP contribution in [0.15, 0.2) is 30.3 Å². The standard InChI is InChI=1S/C12H8F2N2OS/c13-12(14)17-8-3-1-7(2-4-8)10-5-9(16)11(6-15)18-10/h1-5,12H,16H2. The Morgan fingerprint density at radius 3 is 2.44 bits per heavy atom. The van der Waals surface area contributed by atoms with Crippen LogP contribution in [-0.2, 0) is 0 Å². The van der Waals surface area contributed by atoms with Crippen LogP contribution in [0, 0.1) is 11.3 Å². The minimum absolute atomic E-state index is 0.0961. The number of alkyl halides is 2. The van der Waals surface area contributed by atoms with E-state index < -0.39 is 6.61 Å². The molecule has 18 heavy (non-hydrogen) atoms. The lowest BCUT2D eigenvalue weighted by molar-refractivity contribution is -0.0498. The van der Waals surface area contributed by atoms with E-state index in [0.29, 0.717) is 10.6 Å². The van der Waals surface area contributed by atoms with Gasteiger partial charge in [0.1, 0.15) is 16.7 Å². The smallest absolute Gasteiger partial charge is 0.387 e. The largest absolute Gasteiger partial charge is 0.435 e. The van der Waals surface area contributed by atoms with E-state index in [0.717, 1.165) is 10.4 Å². The molecule has 0 bridgehead atoms. The van der Waals surface area contributed by atoms with Crippen molar-refractivity contribution in [3.63, 3.8) is 0 Å². The third kappa shape index (κ3) is 2.57. The topological polar surface area (TPSA) is 59.0 Å². The summed E-state index contributed by atoms with van der Waals surface area (Å²) in [4.78, 5) is 1.26. The number of benzene rings is 1. The normalized spacial score (nSPS) is 10.3. The van der Waals surface area contributed by atoms with Gasteiger partial charge in [0, 0.05) is 4.88 Å². The number of hydrogen-bond donors (Lipinski definition) is 1. The molecule has 1 heterocycles. The molecule has 0 radical (unpaired) electrons. The zero-order valence-electron chi connectivity index (χ0n) is 9.06. The number of anilines is 1. The molecule has 92 valence electrons. The van der Waals surface area contributed by atoms with Gasteiger partial charge in [-0.15, -0.1) is 11.3 Å². The fraction of sp³-hybridized carbons (Fsp3) is 0.0833. The Balaban J connectivity index is 2.26. The van der Waals surface area contributed by atoms with Crippen molar-refractivity contribution in [1.29, 1.82) is 5.26 Å². The van der Waals surface area contributed by atoms with E-state index in [-0.39, 0.29) is 5.75 Å². The van der Waals surface area contributed by atoms with Gasteiger partial charge in [-0.3, -0.25) is 0 Å². The van der Waals surface area contributed by atoms with E-state index >= 15 is 0 Å². The van der Waals surface area contributed by atoms with Gasteiger partial charge < -0.3 is 10.5 Å². The molecule has 0 fully saturated rings. The summed E-state index contributed by atoms with van der Waals surface area (Å²) < 4.78 is 28.2. The Bertz CT molecular complexity index is 587. The lowest BCUT2D eigenvalue weighted by Gasteiger charge is -2.04. The SMILES string of the molecule is N#Cc1sc(-c2ccc(OC(F)F)cc2)cc1N. The highest BCUT2D eigenvalue weighted by Gasteiger charge is 2.08. The number of nitriles is 1. The molecule has 1 aromatic carbocycles. The molecule has 0 aliphatic carbocycles. The van der Waals surface area contributed by atoms with Gasteiger partial charge in [-0.2, -0.15) is 14.0 Å². The molecule has 0 unspecified atom stereocenters. The summed E-state index contributed by atoms with van der Waals surface area (Å²) in [7, 11) is 0. The first-order valence-corrected chi connectivity index (χ1v) is 5.76. The van der Waals surface area contributed by atoms with E-state index in [1.165, 1.54) is 23.5 Å². The van der Waals surface area contributed by atoms with Gasteiger partial charge in [-0.25, -0.2) is 0 Å². The molecular weight excluding hydrogens is 258 g/mol. The molecule has 3 nitrogen and oxygen atoms in total. The van der Waals surface area contributed by atoms with Gasteiger partial charge >= 0.3 is 6.61 Å². The zero-order chi connectivity index (χ0) is 13.1. The maximum absolute atomic E-state index is 12.0. The molecule has 2 rings (SSSR count). The maximum atomic E-state index is 12.0. The van der Waals surface area contributed by atoms with Crippen LogP contribution in [0.2, 0.25) is 0 Å². The highest BCUT2D eigenvalue weighted by molar-refractivity contribution is 7.16. The van der Waals surface area contributed by atoms with Gasteiger partial charge in [0.25, 0.3) is 0 Å². The first-order valence-electron chi connectivity index (χ1n) is 4.95. The van der Waals surface area contributed by atoms with Crippen molar-refractivity contribution < 1.29 is 13.5 Å². The summed E-state index contributed by atoms with van der Waals surface area (Å²) in [6.07, 6.45) is 0. The summed E-state index contributed by atoms with van der Waals surface area (Å²) in [6, 6.07) is 9.86. The summed E-state index contributed by atoms with van der Waals surface area (Å²) in [5, 5.41) is 8.80. The van der Waals surface area contributed by atoms with Crippen LogP contribution >= 0.6 is 11.3 Å². The summed E-state index contributed by atoms with van der Waals surface area (Å²) in [5.74, 6) is 0.0961. The molecule has 0 aliphatic heterocycles. The van der Waals surface area contributed by atoms with E-state index in [1.807, 2.05) is 6.07 Å². The van der Waals surface area contributed by atoms with Crippen LogP contribution in [0.3, 0.4) is 0 Å². The molecule has 1 aromatic heterocycles. The molecule has 0 saturated carbocycles. The average Bonchev–Trinajstić information content (AvgIpc) is 2.71. The predicted molar refractivity (Wildman–Crippen MR) is 65.5 cm³/mol. The van der Waals surface area contributed by atoms with Crippen LogP contribution in [0.1, 0.15) is 4.88 Å². The van der Waals surface area contributed by atoms with E-state index in [1.54, 1.807) is 18.2 Å². The van der Waals surface area contributed by atoms with E-state index in [4.69, 9.17) is 11.0 Å². The number of thiophene rings is 1. The number of hydrogen-bond acceptors (Lipinski definition) is 4. The van der Waals surface area contributed by atoms with Crippen molar-refractivity contribution in [3.8, 4) is 22.3 Å². The Hall–Kier alpha value is -2.13. The van der Waals surface area contributed by atoms with Crippen molar-refractivity contribution in [2.24, 2.45) is 0 Å². The van der Waals surface area contributed by atoms with Crippen LogP contribution in [0.4, 0.5) is 14.5 Å². The number of nitrogens with two attached hydrogens (primary N) is 1. The highest BCUT2D eigenvalue weighted by Crippen LogP contribution is 2.33. The second kappa shape index (κ2) is 5.02. The second-order valence-electron chi connectivity index (χ2n) is 3.41. The van der Waals surface area contributed by atoms with Crippen molar-refractivity contribution >= 4 is 17.0 Å². The van der Waals surface area contributed by atoms with Gasteiger partial charge in [0.2, 0.25) is 0 Å². The molecule has 0 atom stereocenters. The summed E-state index contributed by atoms with van der Waals surface area (Å²) in [5.41, 5.74) is 6.87. The molecule has 2 N–H and O–H groups in total. The van der Waals surface area contributed by atoms with Crippen LogP contribution in [0.25, 0.3) is 10.4 Å². The number of halogens is 2. The maximum Gasteiger partial charge on any atom is 0.387 e. The van der Waals surface area contributed by atoms with Crippen molar-refractivity contribution in [3.05, 3.63) is 35.2 Å². The quantitative estimate of drug-likeness (QED) is 0.925. The Kier molecular flexibility index (Phi) is 3.44. The Morgan fingerprint density at radius 1 is 1.28 bits per heavy atom. The highest BCUT2D eigenvalue weighted by atomic mass is 32.1. The monoisotopic (exact) mass is 266 g/mol. The van der Waals surface area contributed by atoms with Crippen LogP contribution in [-0.4, -0.2) is 6.61 Å². The minimum Gasteiger partial charge on any atom is -0.435 e. The van der Waals surface area contributed by atoms with Gasteiger partial charge in [-0.05, 0) is 35.9 Å². The lowest BCUT2D eigenvalue weighted by atomic mass is 10.2. The molecule has 2 aromatic rings. The zero-order valence-corrected chi connectivity index (χ0v) is 9.88. The molecule has 0 saturated heterocycles. The van der Waals surface area contributed by atoms with Gasteiger partial charge in [-0.1, -0.05) is 0 Å². The van der Waals surface area contributed by atoms with Gasteiger partial charge in [0.15, 0.2) is 0 Å². The van der Waals surface area contributed by atoms with E-state index in [9.17, 15) is 8.78 Å². The predicted octanol–water partition coefficient (Wildman–Crippen LogP) is 3.47.